The third kappa shape index (κ3) is 1.03. The Morgan fingerprint density at radius 2 is 2.18 bits per heavy atom. The van der Waals surface area contributed by atoms with Crippen molar-refractivity contribution in [2.24, 2.45) is 0 Å². The molecule has 0 unspecified atom stereocenters. The first-order valence-corrected chi connectivity index (χ1v) is 3.99. The minimum Gasteiger partial charge on any atom is -0.361 e. The number of aryl methyl sites for hydroxylation is 1. The van der Waals surface area contributed by atoms with Gasteiger partial charge in [-0.15, -0.1) is 12.6 Å². The fourth-order valence-corrected chi connectivity index (χ4v) is 1.45. The molecule has 2 rings (SSSR count). The SMILES string of the molecule is Cc1c[nH]c2ccc(S)cc12. The van der Waals surface area contributed by atoms with Gasteiger partial charge in [0.2, 0.25) is 0 Å². The summed E-state index contributed by atoms with van der Waals surface area (Å²) >= 11 is 4.27. The van der Waals surface area contributed by atoms with Crippen LogP contribution in [0.3, 0.4) is 0 Å². The van der Waals surface area contributed by atoms with Crippen LogP contribution in [0.15, 0.2) is 29.3 Å². The molecule has 2 heteroatoms. The molecule has 56 valence electrons. The molecule has 0 aliphatic carbocycles. The summed E-state index contributed by atoms with van der Waals surface area (Å²) in [4.78, 5) is 4.20. The van der Waals surface area contributed by atoms with Crippen molar-refractivity contribution in [1.29, 1.82) is 0 Å². The molecule has 0 aliphatic rings. The van der Waals surface area contributed by atoms with Gasteiger partial charge < -0.3 is 4.98 Å². The van der Waals surface area contributed by atoms with E-state index in [9.17, 15) is 0 Å². The largest absolute Gasteiger partial charge is 0.361 e. The van der Waals surface area contributed by atoms with Gasteiger partial charge in [0.05, 0.1) is 0 Å². The molecule has 0 bridgehead atoms. The van der Waals surface area contributed by atoms with Gasteiger partial charge in [0.25, 0.3) is 0 Å². The minimum absolute atomic E-state index is 1.01. The smallest absolute Gasteiger partial charge is 0.0457 e. The number of nitrogens with one attached hydrogen (secondary N) is 1. The van der Waals surface area contributed by atoms with Crippen LogP contribution in [0, 0.1) is 6.92 Å². The van der Waals surface area contributed by atoms with Gasteiger partial charge in [0.1, 0.15) is 0 Å². The number of aromatic nitrogens is 1. The summed E-state index contributed by atoms with van der Waals surface area (Å²) in [6, 6.07) is 6.11. The van der Waals surface area contributed by atoms with Gasteiger partial charge in [-0.3, -0.25) is 0 Å². The van der Waals surface area contributed by atoms with Gasteiger partial charge in [-0.05, 0) is 30.7 Å². The second-order valence-electron chi connectivity index (χ2n) is 2.70. The maximum Gasteiger partial charge on any atom is 0.0457 e. The van der Waals surface area contributed by atoms with E-state index in [2.05, 4.69) is 30.6 Å². The second-order valence-corrected chi connectivity index (χ2v) is 3.22. The Morgan fingerprint density at radius 1 is 1.36 bits per heavy atom. The van der Waals surface area contributed by atoms with Crippen molar-refractivity contribution in [2.45, 2.75) is 11.8 Å². The van der Waals surface area contributed by atoms with E-state index in [0.717, 1.165) is 4.90 Å². The van der Waals surface area contributed by atoms with Gasteiger partial charge in [0, 0.05) is 22.0 Å². The van der Waals surface area contributed by atoms with Crippen LogP contribution in [0.4, 0.5) is 0 Å². The van der Waals surface area contributed by atoms with Crippen molar-refractivity contribution in [3.63, 3.8) is 0 Å². The van der Waals surface area contributed by atoms with Crippen molar-refractivity contribution in [1.82, 2.24) is 4.98 Å². The summed E-state index contributed by atoms with van der Waals surface area (Å²) in [7, 11) is 0. The molecule has 1 heterocycles. The van der Waals surface area contributed by atoms with E-state index < -0.39 is 0 Å². The molecule has 0 aliphatic heterocycles. The first kappa shape index (κ1) is 6.80. The number of H-pyrrole nitrogens is 1. The maximum absolute atomic E-state index is 4.27. The normalized spacial score (nSPS) is 10.7. The van der Waals surface area contributed by atoms with Crippen molar-refractivity contribution in [3.05, 3.63) is 30.0 Å². The van der Waals surface area contributed by atoms with Crippen LogP contribution in [-0.4, -0.2) is 4.98 Å². The van der Waals surface area contributed by atoms with E-state index in [1.165, 1.54) is 16.5 Å². The van der Waals surface area contributed by atoms with Gasteiger partial charge in [-0.2, -0.15) is 0 Å². The molecular weight excluding hydrogens is 154 g/mol. The molecule has 1 aromatic carbocycles. The Morgan fingerprint density at radius 3 is 3.00 bits per heavy atom. The highest BCUT2D eigenvalue weighted by atomic mass is 32.1. The summed E-state index contributed by atoms with van der Waals surface area (Å²) in [5.41, 5.74) is 2.45. The average Bonchev–Trinajstić information content (AvgIpc) is 2.33. The lowest BCUT2D eigenvalue weighted by Crippen LogP contribution is -1.69. The molecule has 1 nitrogen and oxygen atoms in total. The third-order valence-corrected chi connectivity index (χ3v) is 2.15. The van der Waals surface area contributed by atoms with Gasteiger partial charge >= 0.3 is 0 Å². The van der Waals surface area contributed by atoms with Crippen molar-refractivity contribution in [3.8, 4) is 0 Å². The molecule has 0 fully saturated rings. The number of hydrogen-bond donors (Lipinski definition) is 2. The number of rotatable bonds is 0. The molecule has 0 saturated heterocycles. The van der Waals surface area contributed by atoms with Crippen LogP contribution in [0.25, 0.3) is 10.9 Å². The van der Waals surface area contributed by atoms with E-state index in [-0.39, 0.29) is 0 Å². The van der Waals surface area contributed by atoms with E-state index in [4.69, 9.17) is 0 Å². The molecule has 0 saturated carbocycles. The Balaban J connectivity index is 2.87. The number of thiol groups is 1. The van der Waals surface area contributed by atoms with Gasteiger partial charge in [-0.25, -0.2) is 0 Å². The highest BCUT2D eigenvalue weighted by Gasteiger charge is 1.97. The highest BCUT2D eigenvalue weighted by molar-refractivity contribution is 7.80. The van der Waals surface area contributed by atoms with Crippen LogP contribution in [0.5, 0.6) is 0 Å². The molecular formula is C9H9NS. The number of fused-ring (bicyclic) bond motifs is 1. The summed E-state index contributed by atoms with van der Waals surface area (Å²) in [5, 5.41) is 1.26. The lowest BCUT2D eigenvalue weighted by Gasteiger charge is -1.92. The molecule has 0 amide bonds. The molecule has 0 radical (unpaired) electrons. The lowest BCUT2D eigenvalue weighted by molar-refractivity contribution is 1.42. The van der Waals surface area contributed by atoms with Crippen molar-refractivity contribution in [2.75, 3.05) is 0 Å². The minimum atomic E-state index is 1.01. The van der Waals surface area contributed by atoms with E-state index in [1.54, 1.807) is 0 Å². The summed E-state index contributed by atoms with van der Waals surface area (Å²) in [6.45, 7) is 2.09. The summed E-state index contributed by atoms with van der Waals surface area (Å²) in [6.07, 6.45) is 2.01. The first-order valence-electron chi connectivity index (χ1n) is 3.54. The van der Waals surface area contributed by atoms with Gasteiger partial charge in [0.15, 0.2) is 0 Å². The summed E-state index contributed by atoms with van der Waals surface area (Å²) in [5.74, 6) is 0. The van der Waals surface area contributed by atoms with Crippen LogP contribution >= 0.6 is 12.6 Å². The average molecular weight is 163 g/mol. The molecule has 1 N–H and O–H groups in total. The maximum atomic E-state index is 4.27. The van der Waals surface area contributed by atoms with Crippen LogP contribution < -0.4 is 0 Å². The molecule has 1 aromatic heterocycles. The first-order chi connectivity index (χ1) is 5.27. The van der Waals surface area contributed by atoms with E-state index >= 15 is 0 Å². The Hall–Kier alpha value is -0.890. The van der Waals surface area contributed by atoms with E-state index in [0.29, 0.717) is 0 Å². The quantitative estimate of drug-likeness (QED) is 0.555. The lowest BCUT2D eigenvalue weighted by atomic mass is 10.2. The fraction of sp³-hybridized carbons (Fsp3) is 0.111. The fourth-order valence-electron chi connectivity index (χ4n) is 1.25. The summed E-state index contributed by atoms with van der Waals surface area (Å²) < 4.78 is 0. The third-order valence-electron chi connectivity index (χ3n) is 1.87. The Bertz CT molecular complexity index is 389. The number of aromatic amines is 1. The van der Waals surface area contributed by atoms with Crippen molar-refractivity contribution >= 4 is 23.5 Å². The predicted molar refractivity (Wildman–Crippen MR) is 50.3 cm³/mol. The number of benzene rings is 1. The van der Waals surface area contributed by atoms with E-state index in [1.807, 2.05) is 18.3 Å². The predicted octanol–water partition coefficient (Wildman–Crippen LogP) is 2.77. The Kier molecular flexibility index (Phi) is 1.43. The molecule has 0 spiro atoms. The molecule has 11 heavy (non-hydrogen) atoms. The monoisotopic (exact) mass is 163 g/mol. The van der Waals surface area contributed by atoms with Gasteiger partial charge in [-0.1, -0.05) is 0 Å². The zero-order chi connectivity index (χ0) is 7.84. The molecule has 2 aromatic rings. The standard InChI is InChI=1S/C9H9NS/c1-6-5-10-9-3-2-7(11)4-8(6)9/h2-5,10-11H,1H3. The number of hydrogen-bond acceptors (Lipinski definition) is 1. The molecule has 0 atom stereocenters. The van der Waals surface area contributed by atoms with Crippen LogP contribution in [-0.2, 0) is 0 Å². The topological polar surface area (TPSA) is 15.8 Å². The Labute approximate surface area is 70.8 Å². The zero-order valence-corrected chi connectivity index (χ0v) is 7.15. The van der Waals surface area contributed by atoms with Crippen molar-refractivity contribution < 1.29 is 0 Å². The highest BCUT2D eigenvalue weighted by Crippen LogP contribution is 2.20. The second kappa shape index (κ2) is 2.31. The van der Waals surface area contributed by atoms with Crippen LogP contribution in [0.2, 0.25) is 0 Å². The zero-order valence-electron chi connectivity index (χ0n) is 6.26. The van der Waals surface area contributed by atoms with Crippen LogP contribution in [0.1, 0.15) is 5.56 Å².